The van der Waals surface area contributed by atoms with E-state index >= 15 is 0 Å². The Labute approximate surface area is 86.5 Å². The van der Waals surface area contributed by atoms with Crippen molar-refractivity contribution < 1.29 is 5.11 Å². The molecule has 3 atom stereocenters. The second-order valence-electron chi connectivity index (χ2n) is 3.67. The number of rotatable bonds is 7. The molecule has 80 valence electrons. The molecule has 0 aromatic carbocycles. The van der Waals surface area contributed by atoms with Crippen LogP contribution in [0.5, 0.6) is 0 Å². The molecule has 0 radical (unpaired) electrons. The molecule has 13 heavy (non-hydrogen) atoms. The van der Waals surface area contributed by atoms with Gasteiger partial charge >= 0.3 is 0 Å². The minimum atomic E-state index is 0.301. The summed E-state index contributed by atoms with van der Waals surface area (Å²) in [7, 11) is 0. The second-order valence-corrected chi connectivity index (χ2v) is 5.08. The quantitative estimate of drug-likeness (QED) is 0.664. The zero-order chi connectivity index (χ0) is 10.3. The minimum Gasteiger partial charge on any atom is -0.396 e. The number of nitrogens with one attached hydrogen (secondary N) is 1. The molecule has 0 aliphatic carbocycles. The molecule has 0 rings (SSSR count). The predicted molar refractivity (Wildman–Crippen MR) is 61.3 cm³/mol. The Hall–Kier alpha value is 0.270. The molecular formula is C10H23NOS. The third-order valence-corrected chi connectivity index (χ3v) is 3.88. The van der Waals surface area contributed by atoms with E-state index in [0.717, 1.165) is 12.3 Å². The Bertz CT molecular complexity index is 121. The maximum absolute atomic E-state index is 8.86. The molecule has 0 saturated heterocycles. The highest BCUT2D eigenvalue weighted by Gasteiger charge is 2.12. The summed E-state index contributed by atoms with van der Waals surface area (Å²) < 4.78 is 0. The summed E-state index contributed by atoms with van der Waals surface area (Å²) in [6.45, 7) is 9.99. The van der Waals surface area contributed by atoms with Crippen molar-refractivity contribution in [2.75, 3.05) is 18.9 Å². The Morgan fingerprint density at radius 3 is 2.38 bits per heavy atom. The summed E-state index contributed by atoms with van der Waals surface area (Å²) in [5.74, 6) is 1.47. The van der Waals surface area contributed by atoms with Crippen molar-refractivity contribution in [1.29, 1.82) is 0 Å². The van der Waals surface area contributed by atoms with Crippen LogP contribution in [0.3, 0.4) is 0 Å². The maximum atomic E-state index is 8.86. The fraction of sp³-hybridized carbons (Fsp3) is 1.00. The van der Waals surface area contributed by atoms with E-state index in [9.17, 15) is 0 Å². The van der Waals surface area contributed by atoms with Gasteiger partial charge in [0.1, 0.15) is 0 Å². The smallest absolute Gasteiger partial charge is 0.0464 e. The highest BCUT2D eigenvalue weighted by atomic mass is 32.2. The monoisotopic (exact) mass is 205 g/mol. The van der Waals surface area contributed by atoms with E-state index in [-0.39, 0.29) is 0 Å². The average Bonchev–Trinajstić information content (AvgIpc) is 2.13. The molecule has 0 aromatic rings. The number of thioether (sulfide) groups is 1. The van der Waals surface area contributed by atoms with Crippen molar-refractivity contribution >= 4 is 11.8 Å². The third kappa shape index (κ3) is 6.36. The molecule has 0 aliphatic heterocycles. The standard InChI is InChI=1S/C10H23NOS/c1-5-11-9(3)10(4)13-7-8(2)6-12/h8-12H,5-7H2,1-4H3. The van der Waals surface area contributed by atoms with Crippen molar-refractivity contribution in [1.82, 2.24) is 5.32 Å². The molecule has 0 aliphatic rings. The van der Waals surface area contributed by atoms with Crippen LogP contribution in [-0.4, -0.2) is 35.3 Å². The lowest BCUT2D eigenvalue weighted by molar-refractivity contribution is 0.250. The SMILES string of the molecule is CCNC(C)C(C)SCC(C)CO. The lowest BCUT2D eigenvalue weighted by Gasteiger charge is -2.21. The summed E-state index contributed by atoms with van der Waals surface area (Å²) in [6, 6.07) is 0.556. The van der Waals surface area contributed by atoms with Gasteiger partial charge in [-0.3, -0.25) is 0 Å². The lowest BCUT2D eigenvalue weighted by Crippen LogP contribution is -2.34. The Morgan fingerprint density at radius 1 is 1.31 bits per heavy atom. The van der Waals surface area contributed by atoms with Gasteiger partial charge in [-0.25, -0.2) is 0 Å². The van der Waals surface area contributed by atoms with E-state index in [0.29, 0.717) is 23.8 Å². The van der Waals surface area contributed by atoms with E-state index in [4.69, 9.17) is 5.11 Å². The predicted octanol–water partition coefficient (Wildman–Crippen LogP) is 1.73. The average molecular weight is 205 g/mol. The molecule has 0 saturated carbocycles. The first kappa shape index (κ1) is 13.3. The van der Waals surface area contributed by atoms with E-state index in [1.165, 1.54) is 0 Å². The minimum absolute atomic E-state index is 0.301. The molecular weight excluding hydrogens is 182 g/mol. The highest BCUT2D eigenvalue weighted by Crippen LogP contribution is 2.17. The van der Waals surface area contributed by atoms with Gasteiger partial charge < -0.3 is 10.4 Å². The van der Waals surface area contributed by atoms with Gasteiger partial charge in [0.15, 0.2) is 0 Å². The number of aliphatic hydroxyl groups is 1. The van der Waals surface area contributed by atoms with E-state index in [1.54, 1.807) is 0 Å². The van der Waals surface area contributed by atoms with Crippen molar-refractivity contribution in [2.45, 2.75) is 39.0 Å². The van der Waals surface area contributed by atoms with E-state index in [1.807, 2.05) is 11.8 Å². The first-order chi connectivity index (χ1) is 6.11. The summed E-state index contributed by atoms with van der Waals surface area (Å²) in [6.07, 6.45) is 0. The highest BCUT2D eigenvalue weighted by molar-refractivity contribution is 7.99. The van der Waals surface area contributed by atoms with Crippen molar-refractivity contribution in [3.8, 4) is 0 Å². The largest absolute Gasteiger partial charge is 0.396 e. The van der Waals surface area contributed by atoms with Gasteiger partial charge in [0.2, 0.25) is 0 Å². The van der Waals surface area contributed by atoms with Crippen LogP contribution in [0.2, 0.25) is 0 Å². The van der Waals surface area contributed by atoms with Gasteiger partial charge in [-0.15, -0.1) is 0 Å². The van der Waals surface area contributed by atoms with Crippen LogP contribution in [0.1, 0.15) is 27.7 Å². The molecule has 0 amide bonds. The topological polar surface area (TPSA) is 32.3 Å². The molecule has 0 bridgehead atoms. The molecule has 2 nitrogen and oxygen atoms in total. The first-order valence-electron chi connectivity index (χ1n) is 5.07. The zero-order valence-electron chi connectivity index (χ0n) is 9.21. The maximum Gasteiger partial charge on any atom is 0.0464 e. The van der Waals surface area contributed by atoms with Crippen LogP contribution in [-0.2, 0) is 0 Å². The van der Waals surface area contributed by atoms with E-state index < -0.39 is 0 Å². The van der Waals surface area contributed by atoms with Gasteiger partial charge in [0.05, 0.1) is 0 Å². The fourth-order valence-electron chi connectivity index (χ4n) is 1.00. The lowest BCUT2D eigenvalue weighted by atomic mass is 10.2. The van der Waals surface area contributed by atoms with Crippen molar-refractivity contribution in [3.05, 3.63) is 0 Å². The molecule has 0 fully saturated rings. The van der Waals surface area contributed by atoms with Gasteiger partial charge in [-0.05, 0) is 25.1 Å². The Morgan fingerprint density at radius 2 is 1.92 bits per heavy atom. The first-order valence-corrected chi connectivity index (χ1v) is 6.12. The van der Waals surface area contributed by atoms with Crippen molar-refractivity contribution in [2.24, 2.45) is 5.92 Å². The van der Waals surface area contributed by atoms with Crippen molar-refractivity contribution in [3.63, 3.8) is 0 Å². The molecule has 0 spiro atoms. The summed E-state index contributed by atoms with van der Waals surface area (Å²) in [4.78, 5) is 0. The van der Waals surface area contributed by atoms with Crippen LogP contribution < -0.4 is 5.32 Å². The molecule has 3 unspecified atom stereocenters. The van der Waals surface area contributed by atoms with Crippen LogP contribution in [0.25, 0.3) is 0 Å². The number of aliphatic hydroxyl groups excluding tert-OH is 1. The third-order valence-electron chi connectivity index (χ3n) is 2.19. The molecule has 0 heterocycles. The second kappa shape index (κ2) is 7.65. The summed E-state index contributed by atoms with van der Waals surface area (Å²) in [5.41, 5.74) is 0. The number of hydrogen-bond acceptors (Lipinski definition) is 3. The number of hydrogen-bond donors (Lipinski definition) is 2. The Balaban J connectivity index is 3.54. The summed E-state index contributed by atoms with van der Waals surface area (Å²) in [5, 5.41) is 12.9. The van der Waals surface area contributed by atoms with E-state index in [2.05, 4.69) is 33.0 Å². The van der Waals surface area contributed by atoms with Crippen LogP contribution in [0.4, 0.5) is 0 Å². The van der Waals surface area contributed by atoms with Gasteiger partial charge in [0, 0.05) is 17.9 Å². The zero-order valence-corrected chi connectivity index (χ0v) is 10.0. The van der Waals surface area contributed by atoms with Gasteiger partial charge in [0.25, 0.3) is 0 Å². The molecule has 2 N–H and O–H groups in total. The molecule has 3 heteroatoms. The van der Waals surface area contributed by atoms with Gasteiger partial charge in [-0.2, -0.15) is 11.8 Å². The van der Waals surface area contributed by atoms with Crippen LogP contribution in [0.15, 0.2) is 0 Å². The Kier molecular flexibility index (Phi) is 7.81. The van der Waals surface area contributed by atoms with Crippen LogP contribution in [0, 0.1) is 5.92 Å². The van der Waals surface area contributed by atoms with Crippen LogP contribution >= 0.6 is 11.8 Å². The summed E-state index contributed by atoms with van der Waals surface area (Å²) >= 11 is 1.93. The normalized spacial score (nSPS) is 18.2. The fourth-order valence-corrected chi connectivity index (χ4v) is 2.12. The molecule has 0 aromatic heterocycles. The van der Waals surface area contributed by atoms with Gasteiger partial charge in [-0.1, -0.05) is 20.8 Å².